The van der Waals surface area contributed by atoms with Gasteiger partial charge in [-0.15, -0.1) is 0 Å². The van der Waals surface area contributed by atoms with Crippen LogP contribution in [0.2, 0.25) is 5.02 Å². The van der Waals surface area contributed by atoms with Crippen LogP contribution < -0.4 is 5.32 Å². The average Bonchev–Trinajstić information content (AvgIpc) is 2.62. The second-order valence-corrected chi connectivity index (χ2v) is 8.96. The lowest BCUT2D eigenvalue weighted by Gasteiger charge is -2.27. The van der Waals surface area contributed by atoms with E-state index in [1.165, 1.54) is 27.7 Å². The first-order chi connectivity index (χ1) is 14.4. The second-order valence-electron chi connectivity index (χ2n) is 5.30. The van der Waals surface area contributed by atoms with Crippen LogP contribution in [0.4, 0.5) is 19.0 Å². The molecule has 1 N–H and O–H groups in total. The fourth-order valence-electron chi connectivity index (χ4n) is 1.95. The fraction of sp³-hybridized carbons (Fsp3) is 0.667. The van der Waals surface area contributed by atoms with Crippen LogP contribution in [0.15, 0.2) is 12.3 Å². The maximum atomic E-state index is 12.8. The number of nitrogens with one attached hydrogen (secondary N) is 1. The smallest absolute Gasteiger partial charge is 0.320 e. The maximum absolute atomic E-state index is 12.8. The topological polar surface area (TPSA) is 114 Å². The third-order valence-corrected chi connectivity index (χ3v) is 6.51. The normalized spacial score (nSPS) is 13.1. The summed E-state index contributed by atoms with van der Waals surface area (Å²) in [4.78, 5) is 3.56. The molecular formula is C15H24ClF3N2O8P2. The molecule has 180 valence electrons. The molecule has 1 aromatic rings. The molecule has 0 spiro atoms. The van der Waals surface area contributed by atoms with Gasteiger partial charge in [0.2, 0.25) is 0 Å². The molecule has 0 bridgehead atoms. The predicted octanol–water partition coefficient (Wildman–Crippen LogP) is 5.84. The Morgan fingerprint density at radius 3 is 1.71 bits per heavy atom. The third kappa shape index (κ3) is 9.33. The van der Waals surface area contributed by atoms with Crippen molar-refractivity contribution in [3.8, 4) is 0 Å². The molecule has 0 unspecified atom stereocenters. The monoisotopic (exact) mass is 514 g/mol. The number of pyridine rings is 1. The van der Waals surface area contributed by atoms with Crippen molar-refractivity contribution in [2.75, 3.05) is 31.7 Å². The van der Waals surface area contributed by atoms with Crippen LogP contribution >= 0.6 is 27.2 Å². The number of alkyl halides is 3. The summed E-state index contributed by atoms with van der Waals surface area (Å²) in [5, 5.41) is 1.88. The van der Waals surface area contributed by atoms with E-state index in [-0.39, 0.29) is 32.2 Å². The minimum absolute atomic E-state index is 0.0855. The van der Waals surface area contributed by atoms with Gasteiger partial charge in [-0.3, -0.25) is 18.1 Å². The van der Waals surface area contributed by atoms with Gasteiger partial charge in [0.15, 0.2) is 0 Å². The van der Waals surface area contributed by atoms with Crippen molar-refractivity contribution >= 4 is 33.1 Å². The molecule has 0 saturated carbocycles. The van der Waals surface area contributed by atoms with Crippen LogP contribution in [-0.4, -0.2) is 37.8 Å². The van der Waals surface area contributed by atoms with E-state index < -0.39 is 38.8 Å². The molecule has 0 aromatic carbocycles. The molecule has 1 heterocycles. The lowest BCUT2D eigenvalue weighted by molar-refractivity contribution is -0.137. The van der Waals surface area contributed by atoms with Gasteiger partial charge in [0, 0.05) is 6.20 Å². The number of nitrogens with zero attached hydrogens (tertiary/aromatic N) is 1. The molecule has 0 aliphatic rings. The minimum Gasteiger partial charge on any atom is -0.320 e. The van der Waals surface area contributed by atoms with E-state index in [9.17, 15) is 22.3 Å². The summed E-state index contributed by atoms with van der Waals surface area (Å²) in [6.45, 7) is 5.71. The molecule has 1 aromatic heterocycles. The van der Waals surface area contributed by atoms with E-state index in [0.29, 0.717) is 12.3 Å². The van der Waals surface area contributed by atoms with Crippen molar-refractivity contribution in [1.29, 1.82) is 0 Å². The van der Waals surface area contributed by atoms with Gasteiger partial charge in [0.1, 0.15) is 5.82 Å². The minimum atomic E-state index is -4.68. The number of halogens is 4. The zero-order valence-electron chi connectivity index (χ0n) is 17.2. The van der Waals surface area contributed by atoms with Crippen molar-refractivity contribution < 1.29 is 49.4 Å². The van der Waals surface area contributed by atoms with Gasteiger partial charge in [-0.1, -0.05) is 11.6 Å². The Morgan fingerprint density at radius 2 is 1.39 bits per heavy atom. The summed E-state index contributed by atoms with van der Waals surface area (Å²) < 4.78 is 94.3. The molecule has 16 heteroatoms. The van der Waals surface area contributed by atoms with Crippen molar-refractivity contribution in [1.82, 2.24) is 4.98 Å². The molecule has 0 aliphatic heterocycles. The van der Waals surface area contributed by atoms with Crippen LogP contribution in [0.1, 0.15) is 33.3 Å². The summed E-state index contributed by atoms with van der Waals surface area (Å²) in [5.74, 6) is -0.362. The third-order valence-electron chi connectivity index (χ3n) is 3.02. The van der Waals surface area contributed by atoms with Crippen LogP contribution in [0, 0.1) is 0 Å². The maximum Gasteiger partial charge on any atom is 0.478 e. The number of hydrogen-bond donors (Lipinski definition) is 1. The van der Waals surface area contributed by atoms with Crippen molar-refractivity contribution in [2.24, 2.45) is 0 Å². The summed E-state index contributed by atoms with van der Waals surface area (Å²) in [7, 11) is -8.52. The van der Waals surface area contributed by atoms with Gasteiger partial charge in [0.05, 0.1) is 37.0 Å². The average molecular weight is 515 g/mol. The van der Waals surface area contributed by atoms with E-state index in [0.717, 1.165) is 0 Å². The first kappa shape index (κ1) is 28.3. The summed E-state index contributed by atoms with van der Waals surface area (Å²) >= 11 is 5.87. The molecule has 0 saturated heterocycles. The first-order valence-corrected chi connectivity index (χ1v) is 12.4. The Morgan fingerprint density at radius 1 is 0.968 bits per heavy atom. The Labute approximate surface area is 182 Å². The molecule has 1 rings (SSSR count). The van der Waals surface area contributed by atoms with E-state index >= 15 is 0 Å². The summed E-state index contributed by atoms with van der Waals surface area (Å²) in [5.41, 5.74) is -1.11. The number of phosphoric ester groups is 2. The quantitative estimate of drug-likeness (QED) is 0.240. The zero-order chi connectivity index (χ0) is 23.7. The lowest BCUT2D eigenvalue weighted by atomic mass is 10.3. The highest BCUT2D eigenvalue weighted by Gasteiger charge is 2.38. The van der Waals surface area contributed by atoms with Gasteiger partial charge in [0.25, 0.3) is 6.41 Å². The van der Waals surface area contributed by atoms with Crippen LogP contribution in [0.5, 0.6) is 0 Å². The van der Waals surface area contributed by atoms with Crippen molar-refractivity contribution in [3.05, 3.63) is 22.8 Å². The Hall–Kier alpha value is -0.750. The van der Waals surface area contributed by atoms with E-state index in [1.54, 1.807) is 0 Å². The standard InChI is InChI=1S/C15H24ClF3N2O8P2/c1-5-24-30(22,25-6-2)28-14(29-31(23,26-7-3)27-8-4)21-13-12(16)9-11(10-20-13)15(17,18)19/h9-10,14H,5-8H2,1-4H3,(H,20,21). The van der Waals surface area contributed by atoms with Crippen molar-refractivity contribution in [3.63, 3.8) is 0 Å². The molecule has 0 radical (unpaired) electrons. The molecule has 0 atom stereocenters. The molecule has 31 heavy (non-hydrogen) atoms. The molecular weight excluding hydrogens is 491 g/mol. The van der Waals surface area contributed by atoms with Gasteiger partial charge < -0.3 is 5.32 Å². The molecule has 0 aliphatic carbocycles. The number of anilines is 1. The lowest BCUT2D eigenvalue weighted by Crippen LogP contribution is -2.27. The van der Waals surface area contributed by atoms with Crippen LogP contribution in [0.25, 0.3) is 0 Å². The van der Waals surface area contributed by atoms with Gasteiger partial charge in [-0.2, -0.15) is 13.2 Å². The number of aromatic nitrogens is 1. The number of hydrogen-bond acceptors (Lipinski definition) is 10. The van der Waals surface area contributed by atoms with E-state index in [1.807, 2.05) is 0 Å². The zero-order valence-corrected chi connectivity index (χ0v) is 19.7. The van der Waals surface area contributed by atoms with Crippen molar-refractivity contribution in [2.45, 2.75) is 40.3 Å². The molecule has 0 fully saturated rings. The Bertz CT molecular complexity index is 750. The highest BCUT2D eigenvalue weighted by atomic mass is 35.5. The molecule has 0 amide bonds. The highest BCUT2D eigenvalue weighted by molar-refractivity contribution is 7.49. The van der Waals surface area contributed by atoms with Crippen LogP contribution in [-0.2, 0) is 42.4 Å². The summed E-state index contributed by atoms with van der Waals surface area (Å²) in [6, 6.07) is 0.600. The number of rotatable bonds is 14. The molecule has 10 nitrogen and oxygen atoms in total. The fourth-order valence-corrected chi connectivity index (χ4v) is 4.55. The highest BCUT2D eigenvalue weighted by Crippen LogP contribution is 2.55. The Balaban J connectivity index is 3.26. The van der Waals surface area contributed by atoms with Gasteiger partial charge >= 0.3 is 21.8 Å². The predicted molar refractivity (Wildman–Crippen MR) is 106 cm³/mol. The second kappa shape index (κ2) is 12.5. The van der Waals surface area contributed by atoms with Gasteiger partial charge in [-0.25, -0.2) is 23.2 Å². The SMILES string of the molecule is CCOP(=O)(OCC)OC(Nc1ncc(C(F)(F)F)cc1Cl)OP(=O)(OCC)OCC. The summed E-state index contributed by atoms with van der Waals surface area (Å²) in [6.07, 6.45) is -6.10. The van der Waals surface area contributed by atoms with Gasteiger partial charge in [-0.05, 0) is 33.8 Å². The van der Waals surface area contributed by atoms with E-state index in [4.69, 9.17) is 38.7 Å². The Kier molecular flexibility index (Phi) is 11.4. The first-order valence-electron chi connectivity index (χ1n) is 9.06. The largest absolute Gasteiger partial charge is 0.478 e. The van der Waals surface area contributed by atoms with Crippen LogP contribution in [0.3, 0.4) is 0 Å². The number of phosphoric acid groups is 2. The van der Waals surface area contributed by atoms with E-state index in [2.05, 4.69) is 10.3 Å².